The molecule has 4 aromatic rings. The number of halogens is 1. The molecule has 3 aromatic heterocycles. The van der Waals surface area contributed by atoms with Gasteiger partial charge in [0, 0.05) is 30.9 Å². The number of aromatic nitrogens is 4. The van der Waals surface area contributed by atoms with Crippen molar-refractivity contribution in [2.75, 3.05) is 11.9 Å². The third-order valence-corrected chi connectivity index (χ3v) is 5.49. The van der Waals surface area contributed by atoms with Gasteiger partial charge < -0.3 is 20.4 Å². The number of hydrogen-bond donors (Lipinski definition) is 3. The summed E-state index contributed by atoms with van der Waals surface area (Å²) < 4.78 is 5.40. The Kier molecular flexibility index (Phi) is 5.64. The van der Waals surface area contributed by atoms with E-state index in [1.54, 1.807) is 12.1 Å². The standard InChI is InChI=1S/C23H17ClN6O4/c24-18-4-2-13(8-25-18)22(32)30-16-9-26-20-19(16)28-11-29-21(20)23(33)27-7-12-1-3-17-14(5-12)6-15(31)10-34-17/h1-5,8-9,11,26H,6-7,10H2,(H,27,33)(H,30,32). The monoisotopic (exact) mass is 476 g/mol. The van der Waals surface area contributed by atoms with Crippen molar-refractivity contribution in [2.45, 2.75) is 13.0 Å². The van der Waals surface area contributed by atoms with Gasteiger partial charge in [-0.15, -0.1) is 0 Å². The van der Waals surface area contributed by atoms with Gasteiger partial charge >= 0.3 is 0 Å². The molecule has 11 heteroatoms. The lowest BCUT2D eigenvalue weighted by molar-refractivity contribution is -0.121. The summed E-state index contributed by atoms with van der Waals surface area (Å²) in [5.41, 5.74) is 3.25. The van der Waals surface area contributed by atoms with Crippen molar-refractivity contribution >= 4 is 45.9 Å². The van der Waals surface area contributed by atoms with Crippen molar-refractivity contribution in [1.29, 1.82) is 0 Å². The first kappa shape index (κ1) is 21.5. The molecule has 2 amide bonds. The fourth-order valence-corrected chi connectivity index (χ4v) is 3.73. The number of ether oxygens (including phenoxy) is 1. The van der Waals surface area contributed by atoms with Gasteiger partial charge in [0.05, 0.1) is 16.8 Å². The molecule has 0 bridgehead atoms. The minimum absolute atomic E-state index is 0.0130. The Bertz CT molecular complexity index is 1430. The minimum atomic E-state index is -0.418. The van der Waals surface area contributed by atoms with E-state index in [9.17, 15) is 14.4 Å². The molecule has 34 heavy (non-hydrogen) atoms. The van der Waals surface area contributed by atoms with E-state index >= 15 is 0 Å². The Hall–Kier alpha value is -4.31. The summed E-state index contributed by atoms with van der Waals surface area (Å²) in [4.78, 5) is 52.1. The predicted molar refractivity (Wildman–Crippen MR) is 123 cm³/mol. The SMILES string of the molecule is O=C1COc2ccc(CNC(=O)c3ncnc4c(NC(=O)c5ccc(Cl)nc5)c[nH]c34)cc2C1. The van der Waals surface area contributed by atoms with Crippen LogP contribution in [0.2, 0.25) is 5.15 Å². The number of anilines is 1. The number of pyridine rings is 1. The average molecular weight is 477 g/mol. The lowest BCUT2D eigenvalue weighted by Crippen LogP contribution is -2.25. The number of nitrogens with one attached hydrogen (secondary N) is 3. The highest BCUT2D eigenvalue weighted by Crippen LogP contribution is 2.25. The molecule has 0 radical (unpaired) electrons. The molecule has 5 rings (SSSR count). The third-order valence-electron chi connectivity index (χ3n) is 5.27. The molecule has 0 saturated heterocycles. The minimum Gasteiger partial charge on any atom is -0.486 e. The van der Waals surface area contributed by atoms with Crippen molar-refractivity contribution in [3.8, 4) is 5.75 Å². The topological polar surface area (TPSA) is 139 Å². The zero-order valence-corrected chi connectivity index (χ0v) is 18.3. The molecule has 1 aliphatic rings. The van der Waals surface area contributed by atoms with Crippen LogP contribution >= 0.6 is 11.6 Å². The molecular formula is C23H17ClN6O4. The first-order chi connectivity index (χ1) is 16.5. The Balaban J connectivity index is 1.31. The van der Waals surface area contributed by atoms with Gasteiger partial charge in [-0.25, -0.2) is 15.0 Å². The second-order valence-electron chi connectivity index (χ2n) is 7.60. The molecule has 0 unspecified atom stereocenters. The van der Waals surface area contributed by atoms with Crippen LogP contribution in [0.1, 0.15) is 32.0 Å². The number of fused-ring (bicyclic) bond motifs is 2. The number of rotatable bonds is 5. The predicted octanol–water partition coefficient (Wildman–Crippen LogP) is 2.69. The molecule has 1 aromatic carbocycles. The molecule has 0 atom stereocenters. The lowest BCUT2D eigenvalue weighted by atomic mass is 10.0. The number of aromatic amines is 1. The number of benzene rings is 1. The van der Waals surface area contributed by atoms with Crippen molar-refractivity contribution in [3.05, 3.63) is 76.6 Å². The van der Waals surface area contributed by atoms with Crippen LogP contribution in [0.15, 0.2) is 49.1 Å². The van der Waals surface area contributed by atoms with Gasteiger partial charge in [-0.05, 0) is 29.8 Å². The van der Waals surface area contributed by atoms with Crippen LogP contribution in [0.3, 0.4) is 0 Å². The van der Waals surface area contributed by atoms with E-state index in [-0.39, 0.29) is 29.8 Å². The average Bonchev–Trinajstić information content (AvgIpc) is 3.25. The Morgan fingerprint density at radius 3 is 2.82 bits per heavy atom. The first-order valence-electron chi connectivity index (χ1n) is 10.3. The molecule has 1 aliphatic heterocycles. The Morgan fingerprint density at radius 1 is 1.12 bits per heavy atom. The van der Waals surface area contributed by atoms with Crippen molar-refractivity contribution in [1.82, 2.24) is 25.3 Å². The highest BCUT2D eigenvalue weighted by Gasteiger charge is 2.19. The van der Waals surface area contributed by atoms with Crippen LogP contribution in [0.25, 0.3) is 11.0 Å². The Morgan fingerprint density at radius 2 is 2.00 bits per heavy atom. The second-order valence-corrected chi connectivity index (χ2v) is 7.99. The number of hydrogen-bond acceptors (Lipinski definition) is 7. The summed E-state index contributed by atoms with van der Waals surface area (Å²) >= 11 is 5.76. The normalized spacial score (nSPS) is 12.7. The summed E-state index contributed by atoms with van der Waals surface area (Å²) in [6.07, 6.45) is 4.47. The maximum Gasteiger partial charge on any atom is 0.272 e. The molecule has 10 nitrogen and oxygen atoms in total. The summed E-state index contributed by atoms with van der Waals surface area (Å²) in [5, 5.41) is 5.85. The molecule has 0 aliphatic carbocycles. The van der Waals surface area contributed by atoms with E-state index in [1.165, 1.54) is 24.8 Å². The van der Waals surface area contributed by atoms with E-state index in [1.807, 2.05) is 12.1 Å². The summed E-state index contributed by atoms with van der Waals surface area (Å²) in [6.45, 7) is 0.321. The molecule has 4 heterocycles. The van der Waals surface area contributed by atoms with Crippen molar-refractivity contribution < 1.29 is 19.1 Å². The third kappa shape index (κ3) is 4.30. The number of nitrogens with zero attached hydrogens (tertiary/aromatic N) is 3. The number of carbonyl (C=O) groups is 3. The Labute approximate surface area is 197 Å². The van der Waals surface area contributed by atoms with Gasteiger partial charge in [0.2, 0.25) is 0 Å². The molecule has 0 saturated carbocycles. The first-order valence-corrected chi connectivity index (χ1v) is 10.7. The second kappa shape index (κ2) is 8.91. The van der Waals surface area contributed by atoms with E-state index in [4.69, 9.17) is 16.3 Å². The van der Waals surface area contributed by atoms with Crippen LogP contribution in [-0.4, -0.2) is 44.1 Å². The van der Waals surface area contributed by atoms with E-state index in [0.717, 1.165) is 11.1 Å². The lowest BCUT2D eigenvalue weighted by Gasteiger charge is -2.17. The zero-order chi connectivity index (χ0) is 23.7. The van der Waals surface area contributed by atoms with Crippen LogP contribution in [0.5, 0.6) is 5.75 Å². The van der Waals surface area contributed by atoms with Gasteiger partial charge in [-0.1, -0.05) is 17.7 Å². The van der Waals surface area contributed by atoms with Crippen LogP contribution in [-0.2, 0) is 17.8 Å². The summed E-state index contributed by atoms with van der Waals surface area (Å²) in [5.74, 6) is -0.120. The van der Waals surface area contributed by atoms with Crippen LogP contribution < -0.4 is 15.4 Å². The van der Waals surface area contributed by atoms with Gasteiger partial charge in [-0.3, -0.25) is 14.4 Å². The fraction of sp³-hybridized carbons (Fsp3) is 0.130. The van der Waals surface area contributed by atoms with Crippen LogP contribution in [0, 0.1) is 0 Å². The molecule has 0 spiro atoms. The largest absolute Gasteiger partial charge is 0.486 e. The van der Waals surface area contributed by atoms with Gasteiger partial charge in [0.1, 0.15) is 29.4 Å². The van der Waals surface area contributed by atoms with E-state index < -0.39 is 11.8 Å². The summed E-state index contributed by atoms with van der Waals surface area (Å²) in [6, 6.07) is 8.54. The van der Waals surface area contributed by atoms with Gasteiger partial charge in [-0.2, -0.15) is 0 Å². The van der Waals surface area contributed by atoms with Crippen molar-refractivity contribution in [3.63, 3.8) is 0 Å². The number of amides is 2. The van der Waals surface area contributed by atoms with Crippen LogP contribution in [0.4, 0.5) is 5.69 Å². The highest BCUT2D eigenvalue weighted by atomic mass is 35.5. The molecule has 170 valence electrons. The van der Waals surface area contributed by atoms with Gasteiger partial charge in [0.25, 0.3) is 11.8 Å². The van der Waals surface area contributed by atoms with Gasteiger partial charge in [0.15, 0.2) is 11.5 Å². The number of Topliss-reactive ketones (excluding diaryl/α,β-unsaturated/α-hetero) is 1. The molecule has 0 fully saturated rings. The quantitative estimate of drug-likeness (QED) is 0.376. The number of carbonyl (C=O) groups excluding carboxylic acids is 3. The number of H-pyrrole nitrogens is 1. The molecule has 3 N–H and O–H groups in total. The van der Waals surface area contributed by atoms with E-state index in [0.29, 0.717) is 34.5 Å². The highest BCUT2D eigenvalue weighted by molar-refractivity contribution is 6.29. The van der Waals surface area contributed by atoms with E-state index in [2.05, 4.69) is 30.6 Å². The zero-order valence-electron chi connectivity index (χ0n) is 17.6. The maximum absolute atomic E-state index is 12.8. The maximum atomic E-state index is 12.8. The summed E-state index contributed by atoms with van der Waals surface area (Å²) in [7, 11) is 0. The number of ketones is 1. The smallest absolute Gasteiger partial charge is 0.272 e. The molecular weight excluding hydrogens is 460 g/mol. The fourth-order valence-electron chi connectivity index (χ4n) is 3.62. The van der Waals surface area contributed by atoms with Crippen molar-refractivity contribution in [2.24, 2.45) is 0 Å².